The van der Waals surface area contributed by atoms with E-state index in [0.29, 0.717) is 23.4 Å². The highest BCUT2D eigenvalue weighted by molar-refractivity contribution is 5.95. The third-order valence-corrected chi connectivity index (χ3v) is 5.51. The number of rotatable bonds is 2. The van der Waals surface area contributed by atoms with Gasteiger partial charge in [0, 0.05) is 6.54 Å². The van der Waals surface area contributed by atoms with Crippen LogP contribution < -0.4 is 0 Å². The van der Waals surface area contributed by atoms with Gasteiger partial charge >= 0.3 is 6.18 Å². The Labute approximate surface area is 177 Å². The summed E-state index contributed by atoms with van der Waals surface area (Å²) in [5.41, 5.74) is -1.81. The molecule has 0 saturated carbocycles. The highest BCUT2D eigenvalue weighted by atomic mass is 19.4. The Balaban J connectivity index is 1.54. The van der Waals surface area contributed by atoms with Crippen molar-refractivity contribution < 1.29 is 31.5 Å². The molecule has 2 aliphatic heterocycles. The molecule has 0 unspecified atom stereocenters. The summed E-state index contributed by atoms with van der Waals surface area (Å²) in [6, 6.07) is 3.89. The SMILES string of the molecule is O=C(c1cccc(C(F)(F)F)c1F)N1[C@H]2COC[C@@H]1c1nnc(-c3ccc(F)cn3)n1C2. The fourth-order valence-corrected chi connectivity index (χ4v) is 4.08. The Bertz CT molecular complexity index is 1190. The van der Waals surface area contributed by atoms with Crippen molar-refractivity contribution in [3.63, 3.8) is 0 Å². The van der Waals surface area contributed by atoms with Gasteiger partial charge in [0.15, 0.2) is 11.6 Å². The van der Waals surface area contributed by atoms with Gasteiger partial charge in [-0.05, 0) is 24.3 Å². The predicted molar refractivity (Wildman–Crippen MR) is 98.1 cm³/mol. The number of alkyl halides is 3. The van der Waals surface area contributed by atoms with Gasteiger partial charge in [-0.25, -0.2) is 13.8 Å². The third kappa shape index (κ3) is 3.22. The minimum Gasteiger partial charge on any atom is -0.377 e. The summed E-state index contributed by atoms with van der Waals surface area (Å²) in [6.45, 7) is 0.258. The van der Waals surface area contributed by atoms with Crippen LogP contribution in [-0.4, -0.2) is 49.8 Å². The van der Waals surface area contributed by atoms with Crippen LogP contribution in [0.3, 0.4) is 0 Å². The zero-order valence-electron chi connectivity index (χ0n) is 16.2. The maximum Gasteiger partial charge on any atom is 0.419 e. The van der Waals surface area contributed by atoms with E-state index in [4.69, 9.17) is 4.74 Å². The third-order valence-electron chi connectivity index (χ3n) is 5.51. The number of carbonyl (C=O) groups is 1. The molecule has 0 aliphatic carbocycles. The molecule has 4 heterocycles. The van der Waals surface area contributed by atoms with Crippen LogP contribution in [0.5, 0.6) is 0 Å². The molecule has 3 aromatic rings. The molecule has 2 bridgehead atoms. The first-order valence-electron chi connectivity index (χ1n) is 9.57. The number of pyridine rings is 1. The van der Waals surface area contributed by atoms with Gasteiger partial charge in [0.1, 0.15) is 23.4 Å². The van der Waals surface area contributed by atoms with Gasteiger partial charge in [-0.2, -0.15) is 13.2 Å². The Kier molecular flexibility index (Phi) is 4.69. The van der Waals surface area contributed by atoms with Crippen molar-refractivity contribution >= 4 is 5.91 Å². The second kappa shape index (κ2) is 7.33. The zero-order chi connectivity index (χ0) is 22.6. The monoisotopic (exact) mass is 451 g/mol. The highest BCUT2D eigenvalue weighted by Gasteiger charge is 2.45. The summed E-state index contributed by atoms with van der Waals surface area (Å²) < 4.78 is 74.5. The maximum absolute atomic E-state index is 14.6. The lowest BCUT2D eigenvalue weighted by molar-refractivity contribution is -0.140. The number of amides is 1. The summed E-state index contributed by atoms with van der Waals surface area (Å²) in [5.74, 6) is -2.34. The number of carbonyl (C=O) groups excluding carboxylic acids is 1. The molecule has 2 aromatic heterocycles. The second-order valence-electron chi connectivity index (χ2n) is 7.44. The Morgan fingerprint density at radius 3 is 2.62 bits per heavy atom. The predicted octanol–water partition coefficient (Wildman–Crippen LogP) is 3.23. The summed E-state index contributed by atoms with van der Waals surface area (Å²) in [4.78, 5) is 18.5. The summed E-state index contributed by atoms with van der Waals surface area (Å²) in [6.07, 6.45) is -3.89. The molecule has 12 heteroatoms. The topological polar surface area (TPSA) is 73.1 Å². The summed E-state index contributed by atoms with van der Waals surface area (Å²) >= 11 is 0. The molecule has 1 amide bonds. The molecule has 1 aromatic carbocycles. The first kappa shape index (κ1) is 20.5. The molecule has 5 rings (SSSR count). The molecule has 0 N–H and O–H groups in total. The number of hydrogen-bond acceptors (Lipinski definition) is 5. The average Bonchev–Trinajstić information content (AvgIpc) is 3.16. The average molecular weight is 451 g/mol. The molecule has 0 radical (unpaired) electrons. The van der Waals surface area contributed by atoms with Crippen molar-refractivity contribution in [2.45, 2.75) is 24.8 Å². The van der Waals surface area contributed by atoms with Gasteiger partial charge in [-0.15, -0.1) is 10.2 Å². The molecular weight excluding hydrogens is 437 g/mol. The van der Waals surface area contributed by atoms with Gasteiger partial charge in [-0.3, -0.25) is 4.79 Å². The van der Waals surface area contributed by atoms with E-state index in [9.17, 15) is 26.7 Å². The van der Waals surface area contributed by atoms with E-state index in [2.05, 4.69) is 15.2 Å². The lowest BCUT2D eigenvalue weighted by Crippen LogP contribution is -2.56. The van der Waals surface area contributed by atoms with E-state index >= 15 is 0 Å². The van der Waals surface area contributed by atoms with E-state index < -0.39 is 46.9 Å². The number of morpholine rings is 1. The number of ether oxygens (including phenoxy) is 1. The Hall–Kier alpha value is -3.41. The minimum absolute atomic E-state index is 0.0117. The lowest BCUT2D eigenvalue weighted by atomic mass is 10.0. The quantitative estimate of drug-likeness (QED) is 0.560. The van der Waals surface area contributed by atoms with E-state index in [1.54, 1.807) is 4.57 Å². The van der Waals surface area contributed by atoms with Crippen molar-refractivity contribution in [3.05, 3.63) is 65.1 Å². The van der Waals surface area contributed by atoms with E-state index in [1.165, 1.54) is 17.0 Å². The fraction of sp³-hybridized carbons (Fsp3) is 0.300. The second-order valence-corrected chi connectivity index (χ2v) is 7.44. The Morgan fingerprint density at radius 2 is 1.91 bits per heavy atom. The van der Waals surface area contributed by atoms with Gasteiger partial charge in [0.05, 0.1) is 36.6 Å². The van der Waals surface area contributed by atoms with E-state index in [1.807, 2.05) is 0 Å². The van der Waals surface area contributed by atoms with Crippen LogP contribution in [0.2, 0.25) is 0 Å². The van der Waals surface area contributed by atoms with Crippen LogP contribution in [0, 0.1) is 11.6 Å². The van der Waals surface area contributed by atoms with Crippen molar-refractivity contribution in [3.8, 4) is 11.5 Å². The summed E-state index contributed by atoms with van der Waals surface area (Å²) in [5, 5.41) is 8.21. The van der Waals surface area contributed by atoms with Crippen LogP contribution in [-0.2, 0) is 17.5 Å². The van der Waals surface area contributed by atoms with E-state index in [0.717, 1.165) is 18.3 Å². The smallest absolute Gasteiger partial charge is 0.377 e. The van der Waals surface area contributed by atoms with Gasteiger partial charge in [0.2, 0.25) is 0 Å². The summed E-state index contributed by atoms with van der Waals surface area (Å²) in [7, 11) is 0. The van der Waals surface area contributed by atoms with Crippen LogP contribution in [0.1, 0.15) is 27.8 Å². The van der Waals surface area contributed by atoms with Crippen LogP contribution in [0.4, 0.5) is 22.0 Å². The molecule has 2 atom stereocenters. The number of nitrogens with zero attached hydrogens (tertiary/aromatic N) is 5. The molecule has 1 saturated heterocycles. The molecule has 7 nitrogen and oxygen atoms in total. The van der Waals surface area contributed by atoms with Gasteiger partial charge < -0.3 is 14.2 Å². The van der Waals surface area contributed by atoms with Crippen molar-refractivity contribution in [2.24, 2.45) is 0 Å². The van der Waals surface area contributed by atoms with Crippen molar-refractivity contribution in [1.82, 2.24) is 24.6 Å². The number of hydrogen-bond donors (Lipinski definition) is 0. The highest BCUT2D eigenvalue weighted by Crippen LogP contribution is 2.37. The largest absolute Gasteiger partial charge is 0.419 e. The number of fused-ring (bicyclic) bond motifs is 4. The van der Waals surface area contributed by atoms with Crippen LogP contribution in [0.25, 0.3) is 11.5 Å². The first-order chi connectivity index (χ1) is 15.3. The van der Waals surface area contributed by atoms with Crippen molar-refractivity contribution in [2.75, 3.05) is 13.2 Å². The number of halogens is 5. The minimum atomic E-state index is -4.93. The molecule has 166 valence electrons. The molecular formula is C20H14F5N5O2. The maximum atomic E-state index is 14.6. The normalized spacial score (nSPS) is 20.2. The molecule has 32 heavy (non-hydrogen) atoms. The van der Waals surface area contributed by atoms with Gasteiger partial charge in [-0.1, -0.05) is 6.07 Å². The fourth-order valence-electron chi connectivity index (χ4n) is 4.08. The molecule has 0 spiro atoms. The lowest BCUT2D eigenvalue weighted by Gasteiger charge is -2.45. The number of aromatic nitrogens is 4. The first-order valence-corrected chi connectivity index (χ1v) is 9.57. The molecule has 1 fully saturated rings. The standard InChI is InChI=1S/C20H14F5N5O2/c21-10-4-5-14(26-6-10)17-27-28-18-15-9-32-8-11(7-29(17)18)30(15)19(31)12-2-1-3-13(16(12)22)20(23,24)25/h1-6,11,15H,7-9H2/t11-,15-/m1/s1. The van der Waals surface area contributed by atoms with Crippen LogP contribution in [0.15, 0.2) is 36.5 Å². The number of benzene rings is 1. The Morgan fingerprint density at radius 1 is 1.09 bits per heavy atom. The van der Waals surface area contributed by atoms with Gasteiger partial charge in [0.25, 0.3) is 5.91 Å². The molecule has 2 aliphatic rings. The van der Waals surface area contributed by atoms with E-state index in [-0.39, 0.29) is 19.8 Å². The zero-order valence-corrected chi connectivity index (χ0v) is 16.2. The van der Waals surface area contributed by atoms with Crippen molar-refractivity contribution in [1.29, 1.82) is 0 Å². The van der Waals surface area contributed by atoms with Crippen LogP contribution >= 0.6 is 0 Å².